The van der Waals surface area contributed by atoms with Crippen molar-refractivity contribution in [3.63, 3.8) is 0 Å². The van der Waals surface area contributed by atoms with Gasteiger partial charge in [-0.1, -0.05) is 0 Å². The summed E-state index contributed by atoms with van der Waals surface area (Å²) < 4.78 is 2.23. The first-order valence-electron chi connectivity index (χ1n) is 5.73. The molecule has 5 nitrogen and oxygen atoms in total. The predicted octanol–water partition coefficient (Wildman–Crippen LogP) is 2.46. The van der Waals surface area contributed by atoms with Gasteiger partial charge in [0, 0.05) is 18.7 Å². The zero-order valence-electron chi connectivity index (χ0n) is 9.31. The number of imidazole rings is 1. The summed E-state index contributed by atoms with van der Waals surface area (Å²) in [5.74, 6) is 1.11. The summed E-state index contributed by atoms with van der Waals surface area (Å²) in [5, 5.41) is 11.0. The third-order valence-electron chi connectivity index (χ3n) is 3.11. The Morgan fingerprint density at radius 2 is 2.29 bits per heavy atom. The van der Waals surface area contributed by atoms with Gasteiger partial charge in [-0.05, 0) is 31.0 Å². The number of nitrogens with one attached hydrogen (secondary N) is 1. The van der Waals surface area contributed by atoms with Crippen molar-refractivity contribution in [1.29, 1.82) is 0 Å². The van der Waals surface area contributed by atoms with E-state index >= 15 is 0 Å². The number of amides is 1. The van der Waals surface area contributed by atoms with Gasteiger partial charge >= 0.3 is 6.09 Å². The van der Waals surface area contributed by atoms with Crippen LogP contribution < -0.4 is 5.32 Å². The molecule has 0 fully saturated rings. The molecule has 1 aromatic heterocycles. The summed E-state index contributed by atoms with van der Waals surface area (Å²) in [7, 11) is 0. The summed E-state index contributed by atoms with van der Waals surface area (Å²) in [6.45, 7) is 1.01. The molecule has 5 heteroatoms. The van der Waals surface area contributed by atoms with Crippen LogP contribution >= 0.6 is 0 Å². The van der Waals surface area contributed by atoms with E-state index in [1.807, 2.05) is 6.07 Å². The lowest BCUT2D eigenvalue weighted by Crippen LogP contribution is -2.10. The molecule has 2 N–H and O–H groups in total. The fourth-order valence-corrected chi connectivity index (χ4v) is 2.37. The highest BCUT2D eigenvalue weighted by Gasteiger charge is 2.14. The van der Waals surface area contributed by atoms with Crippen molar-refractivity contribution < 1.29 is 9.90 Å². The van der Waals surface area contributed by atoms with Crippen LogP contribution in [0.4, 0.5) is 10.5 Å². The average molecular weight is 231 g/mol. The van der Waals surface area contributed by atoms with Gasteiger partial charge in [-0.3, -0.25) is 5.32 Å². The van der Waals surface area contributed by atoms with Gasteiger partial charge < -0.3 is 9.67 Å². The van der Waals surface area contributed by atoms with Crippen molar-refractivity contribution in [3.8, 4) is 0 Å². The van der Waals surface area contributed by atoms with Crippen molar-refractivity contribution in [2.24, 2.45) is 0 Å². The fraction of sp³-hybridized carbons (Fsp3) is 0.333. The Balaban J connectivity index is 2.08. The molecule has 0 unspecified atom stereocenters. The quantitative estimate of drug-likeness (QED) is 0.792. The molecule has 1 aliphatic heterocycles. The Morgan fingerprint density at radius 1 is 1.41 bits per heavy atom. The maximum Gasteiger partial charge on any atom is 0.409 e. The number of aromatic nitrogens is 2. The first-order valence-corrected chi connectivity index (χ1v) is 5.73. The minimum absolute atomic E-state index is 0.570. The maximum atomic E-state index is 10.6. The Morgan fingerprint density at radius 3 is 3.12 bits per heavy atom. The highest BCUT2D eigenvalue weighted by Crippen LogP contribution is 2.24. The summed E-state index contributed by atoms with van der Waals surface area (Å²) in [4.78, 5) is 15.1. The summed E-state index contributed by atoms with van der Waals surface area (Å²) in [6, 6.07) is 5.50. The zero-order chi connectivity index (χ0) is 11.8. The molecule has 0 bridgehead atoms. The molecule has 0 saturated carbocycles. The van der Waals surface area contributed by atoms with Crippen LogP contribution in [0.5, 0.6) is 0 Å². The summed E-state index contributed by atoms with van der Waals surface area (Å²) in [5.41, 5.74) is 2.53. The van der Waals surface area contributed by atoms with E-state index in [1.54, 1.807) is 12.1 Å². The van der Waals surface area contributed by atoms with Gasteiger partial charge in [-0.15, -0.1) is 0 Å². The fourth-order valence-electron chi connectivity index (χ4n) is 2.37. The molecular weight excluding hydrogens is 218 g/mol. The van der Waals surface area contributed by atoms with Crippen LogP contribution in [0.25, 0.3) is 11.0 Å². The van der Waals surface area contributed by atoms with Crippen LogP contribution in [-0.2, 0) is 13.0 Å². The molecule has 0 radical (unpaired) electrons. The molecule has 0 atom stereocenters. The monoisotopic (exact) mass is 231 g/mol. The van der Waals surface area contributed by atoms with E-state index in [9.17, 15) is 4.79 Å². The highest BCUT2D eigenvalue weighted by atomic mass is 16.4. The smallest absolute Gasteiger partial charge is 0.409 e. The molecule has 17 heavy (non-hydrogen) atoms. The molecule has 88 valence electrons. The molecule has 2 aromatic rings. The third kappa shape index (κ3) is 1.73. The molecule has 1 aliphatic rings. The van der Waals surface area contributed by atoms with E-state index in [4.69, 9.17) is 5.11 Å². The first-order chi connectivity index (χ1) is 8.24. The zero-order valence-corrected chi connectivity index (χ0v) is 9.31. The van der Waals surface area contributed by atoms with Crippen molar-refractivity contribution in [2.75, 3.05) is 5.32 Å². The lowest BCUT2D eigenvalue weighted by atomic mass is 10.2. The molecule has 1 amide bonds. The number of hydrogen-bond acceptors (Lipinski definition) is 2. The first kappa shape index (κ1) is 10.1. The molecule has 0 spiro atoms. The molecule has 2 heterocycles. The Kier molecular flexibility index (Phi) is 2.24. The van der Waals surface area contributed by atoms with Crippen molar-refractivity contribution in [2.45, 2.75) is 25.8 Å². The molecule has 1 aromatic carbocycles. The van der Waals surface area contributed by atoms with Crippen LogP contribution in [0.15, 0.2) is 18.2 Å². The van der Waals surface area contributed by atoms with E-state index in [0.29, 0.717) is 5.69 Å². The minimum Gasteiger partial charge on any atom is -0.465 e. The minimum atomic E-state index is -1.05. The number of fused-ring (bicyclic) bond motifs is 3. The van der Waals surface area contributed by atoms with Gasteiger partial charge in [0.1, 0.15) is 5.82 Å². The van der Waals surface area contributed by atoms with Crippen LogP contribution in [0.2, 0.25) is 0 Å². The Bertz CT molecular complexity index is 589. The van der Waals surface area contributed by atoms with E-state index in [2.05, 4.69) is 14.9 Å². The van der Waals surface area contributed by atoms with Gasteiger partial charge in [-0.2, -0.15) is 0 Å². The van der Waals surface area contributed by atoms with Crippen molar-refractivity contribution in [3.05, 3.63) is 24.0 Å². The van der Waals surface area contributed by atoms with E-state index in [0.717, 1.165) is 29.8 Å². The number of carbonyl (C=O) groups is 1. The summed E-state index contributed by atoms with van der Waals surface area (Å²) in [6.07, 6.45) is 2.33. The van der Waals surface area contributed by atoms with E-state index in [1.165, 1.54) is 12.8 Å². The number of carboxylic acid groups (broad SMARTS) is 1. The van der Waals surface area contributed by atoms with Gasteiger partial charge in [-0.25, -0.2) is 9.78 Å². The molecule has 0 saturated heterocycles. The number of nitrogens with zero attached hydrogens (tertiary/aromatic N) is 2. The van der Waals surface area contributed by atoms with Crippen LogP contribution in [0.1, 0.15) is 18.7 Å². The summed E-state index contributed by atoms with van der Waals surface area (Å²) >= 11 is 0. The third-order valence-corrected chi connectivity index (χ3v) is 3.11. The second-order valence-corrected chi connectivity index (χ2v) is 4.27. The highest BCUT2D eigenvalue weighted by molar-refractivity contribution is 5.88. The maximum absolute atomic E-state index is 10.6. The Hall–Kier alpha value is -2.04. The topological polar surface area (TPSA) is 67.2 Å². The standard InChI is InChI=1S/C12H13N3O2/c16-12(17)13-8-4-5-10-9(7-8)14-11-3-1-2-6-15(10)11/h4-5,7,13H,1-3,6H2,(H,16,17). The SMILES string of the molecule is O=C(O)Nc1ccc2c(c1)nc1n2CCCC1. The largest absolute Gasteiger partial charge is 0.465 e. The van der Waals surface area contributed by atoms with Crippen LogP contribution in [0, 0.1) is 0 Å². The number of benzene rings is 1. The van der Waals surface area contributed by atoms with Gasteiger partial charge in [0.15, 0.2) is 0 Å². The number of rotatable bonds is 1. The number of aryl methyl sites for hydroxylation is 2. The molecular formula is C12H13N3O2. The van der Waals surface area contributed by atoms with Gasteiger partial charge in [0.05, 0.1) is 11.0 Å². The molecule has 3 rings (SSSR count). The van der Waals surface area contributed by atoms with Gasteiger partial charge in [0.2, 0.25) is 0 Å². The second-order valence-electron chi connectivity index (χ2n) is 4.27. The lowest BCUT2D eigenvalue weighted by molar-refractivity contribution is 0.210. The predicted molar refractivity (Wildman–Crippen MR) is 64.3 cm³/mol. The second kappa shape index (κ2) is 3.76. The van der Waals surface area contributed by atoms with Crippen LogP contribution in [0.3, 0.4) is 0 Å². The number of anilines is 1. The normalized spacial score (nSPS) is 14.6. The van der Waals surface area contributed by atoms with Crippen LogP contribution in [-0.4, -0.2) is 20.8 Å². The Labute approximate surface area is 98.1 Å². The van der Waals surface area contributed by atoms with E-state index < -0.39 is 6.09 Å². The van der Waals surface area contributed by atoms with Gasteiger partial charge in [0.25, 0.3) is 0 Å². The van der Waals surface area contributed by atoms with Crippen molar-refractivity contribution >= 4 is 22.8 Å². The van der Waals surface area contributed by atoms with E-state index in [-0.39, 0.29) is 0 Å². The number of hydrogen-bond donors (Lipinski definition) is 2. The lowest BCUT2D eigenvalue weighted by Gasteiger charge is -2.13. The molecule has 0 aliphatic carbocycles. The van der Waals surface area contributed by atoms with Crippen molar-refractivity contribution in [1.82, 2.24) is 9.55 Å². The average Bonchev–Trinajstić information content (AvgIpc) is 2.65.